The average Bonchev–Trinajstić information content (AvgIpc) is 2.03. The summed E-state index contributed by atoms with van der Waals surface area (Å²) >= 11 is 0. The molecule has 0 fully saturated rings. The van der Waals surface area contributed by atoms with Crippen LogP contribution in [0, 0.1) is 0 Å². The van der Waals surface area contributed by atoms with Gasteiger partial charge in [-0.05, 0) is 25.3 Å². The molecule has 0 spiro atoms. The first kappa shape index (κ1) is 10.2. The van der Waals surface area contributed by atoms with Crippen LogP contribution in [0.1, 0.15) is 33.1 Å². The number of carbonyl (C=O) groups excluding carboxylic acids is 1. The molecule has 0 amide bonds. The highest BCUT2D eigenvalue weighted by atomic mass is 16.1. The van der Waals surface area contributed by atoms with E-state index in [0.717, 1.165) is 18.4 Å². The van der Waals surface area contributed by atoms with E-state index in [1.165, 1.54) is 0 Å². The van der Waals surface area contributed by atoms with Gasteiger partial charge in [0, 0.05) is 6.42 Å². The Balaban J connectivity index is 3.79. The summed E-state index contributed by atoms with van der Waals surface area (Å²) in [7, 11) is 0. The van der Waals surface area contributed by atoms with Crippen molar-refractivity contribution in [3.8, 4) is 0 Å². The van der Waals surface area contributed by atoms with Crippen LogP contribution >= 0.6 is 0 Å². The quantitative estimate of drug-likeness (QED) is 0.336. The van der Waals surface area contributed by atoms with Crippen molar-refractivity contribution >= 4 is 5.78 Å². The molecule has 0 aromatic heterocycles. The number of carbonyl (C=O) groups is 1. The summed E-state index contributed by atoms with van der Waals surface area (Å²) in [4.78, 5) is 11.0. The maximum Gasteiger partial charge on any atom is 0.157 e. The van der Waals surface area contributed by atoms with Crippen LogP contribution < -0.4 is 0 Å². The summed E-state index contributed by atoms with van der Waals surface area (Å²) in [5.74, 6) is 0.245. The van der Waals surface area contributed by atoms with Crippen molar-refractivity contribution in [2.45, 2.75) is 33.1 Å². The third-order valence-corrected chi connectivity index (χ3v) is 1.58. The van der Waals surface area contributed by atoms with Crippen LogP contribution in [0.2, 0.25) is 0 Å². The molecule has 0 saturated heterocycles. The van der Waals surface area contributed by atoms with Gasteiger partial charge in [-0.3, -0.25) is 4.79 Å². The van der Waals surface area contributed by atoms with Gasteiger partial charge in [0.1, 0.15) is 0 Å². The van der Waals surface area contributed by atoms with E-state index < -0.39 is 0 Å². The predicted octanol–water partition coefficient (Wildman–Crippen LogP) is 2.88. The minimum absolute atomic E-state index is 0.245. The molecule has 0 unspecified atom stereocenters. The summed E-state index contributed by atoms with van der Waals surface area (Å²) in [6, 6.07) is 0. The molecule has 0 aromatic rings. The summed E-state index contributed by atoms with van der Waals surface area (Å²) in [5, 5.41) is 0. The van der Waals surface area contributed by atoms with Crippen LogP contribution in [-0.4, -0.2) is 5.78 Å². The largest absolute Gasteiger partial charge is 0.295 e. The van der Waals surface area contributed by atoms with E-state index in [0.29, 0.717) is 6.42 Å². The van der Waals surface area contributed by atoms with Crippen molar-refractivity contribution in [1.82, 2.24) is 0 Å². The van der Waals surface area contributed by atoms with Crippen LogP contribution in [0.5, 0.6) is 0 Å². The van der Waals surface area contributed by atoms with E-state index in [4.69, 9.17) is 0 Å². The van der Waals surface area contributed by atoms with Gasteiger partial charge in [0.2, 0.25) is 0 Å². The molecule has 0 aromatic carbocycles. The maximum atomic E-state index is 11.0. The minimum Gasteiger partial charge on any atom is -0.295 e. The van der Waals surface area contributed by atoms with E-state index in [2.05, 4.69) is 6.58 Å². The zero-order chi connectivity index (χ0) is 8.69. The molecule has 11 heavy (non-hydrogen) atoms. The highest BCUT2D eigenvalue weighted by Gasteiger charge is 1.98. The molecule has 1 nitrogen and oxygen atoms in total. The molecule has 0 N–H and O–H groups in total. The lowest BCUT2D eigenvalue weighted by atomic mass is 10.1. The molecule has 0 radical (unpaired) electrons. The lowest BCUT2D eigenvalue weighted by molar-refractivity contribution is -0.115. The molecule has 0 heterocycles. The van der Waals surface area contributed by atoms with Crippen molar-refractivity contribution in [2.24, 2.45) is 0 Å². The highest BCUT2D eigenvalue weighted by molar-refractivity contribution is 5.94. The normalized spacial score (nSPS) is 11.3. The Bertz CT molecular complexity index is 166. The molecule has 1 heteroatoms. The van der Waals surface area contributed by atoms with E-state index in [1.54, 1.807) is 0 Å². The second kappa shape index (κ2) is 5.90. The van der Waals surface area contributed by atoms with Gasteiger partial charge in [0.05, 0.1) is 0 Å². The number of unbranched alkanes of at least 4 members (excludes halogenated alkanes) is 1. The van der Waals surface area contributed by atoms with Crippen molar-refractivity contribution in [2.75, 3.05) is 0 Å². The van der Waals surface area contributed by atoms with Gasteiger partial charge < -0.3 is 0 Å². The molecule has 0 aliphatic heterocycles. The van der Waals surface area contributed by atoms with Crippen molar-refractivity contribution < 1.29 is 4.79 Å². The molecule has 0 aliphatic rings. The molecule has 0 saturated carbocycles. The predicted molar refractivity (Wildman–Crippen MR) is 48.5 cm³/mol. The van der Waals surface area contributed by atoms with E-state index in [-0.39, 0.29) is 5.78 Å². The van der Waals surface area contributed by atoms with Gasteiger partial charge in [-0.2, -0.15) is 0 Å². The Kier molecular flexibility index (Phi) is 5.44. The first-order valence-corrected chi connectivity index (χ1v) is 4.03. The van der Waals surface area contributed by atoms with Gasteiger partial charge >= 0.3 is 0 Å². The van der Waals surface area contributed by atoms with Gasteiger partial charge in [0.15, 0.2) is 5.78 Å². The van der Waals surface area contributed by atoms with Crippen LogP contribution in [0.3, 0.4) is 0 Å². The number of allylic oxidation sites excluding steroid dienone is 3. The number of Topliss-reactive ketones (excluding diaryl/α,β-unsaturated/α-hetero) is 1. The average molecular weight is 152 g/mol. The van der Waals surface area contributed by atoms with Crippen molar-refractivity contribution in [1.29, 1.82) is 0 Å². The molecular weight excluding hydrogens is 136 g/mol. The topological polar surface area (TPSA) is 17.1 Å². The smallest absolute Gasteiger partial charge is 0.157 e. The number of hydrogen-bond donors (Lipinski definition) is 0. The molecule has 0 rings (SSSR count). The fourth-order valence-electron chi connectivity index (χ4n) is 0.810. The zero-order valence-electron chi connectivity index (χ0n) is 7.39. The molecule has 0 bridgehead atoms. The first-order valence-electron chi connectivity index (χ1n) is 4.03. The monoisotopic (exact) mass is 152 g/mol. The second-order valence-corrected chi connectivity index (χ2v) is 2.53. The Labute approximate surface area is 68.8 Å². The second-order valence-electron chi connectivity index (χ2n) is 2.53. The van der Waals surface area contributed by atoms with Crippen molar-refractivity contribution in [3.63, 3.8) is 0 Å². The van der Waals surface area contributed by atoms with Crippen LogP contribution in [0.15, 0.2) is 24.3 Å². The number of ketones is 1. The third kappa shape index (κ3) is 4.54. The van der Waals surface area contributed by atoms with Gasteiger partial charge in [-0.15, -0.1) is 6.58 Å². The van der Waals surface area contributed by atoms with E-state index in [1.807, 2.05) is 26.0 Å². The van der Waals surface area contributed by atoms with E-state index >= 15 is 0 Å². The van der Waals surface area contributed by atoms with Crippen LogP contribution in [0.25, 0.3) is 0 Å². The fraction of sp³-hybridized carbons (Fsp3) is 0.500. The fourth-order valence-corrected chi connectivity index (χ4v) is 0.810. The molecular formula is C10H16O. The van der Waals surface area contributed by atoms with Gasteiger partial charge in [0.25, 0.3) is 0 Å². The Hall–Kier alpha value is -0.850. The van der Waals surface area contributed by atoms with Gasteiger partial charge in [-0.25, -0.2) is 0 Å². The highest BCUT2D eigenvalue weighted by Crippen LogP contribution is 2.02. The SMILES string of the molecule is C=CCCC=C(C)C(=O)CC. The van der Waals surface area contributed by atoms with Crippen molar-refractivity contribution in [3.05, 3.63) is 24.3 Å². The Morgan fingerprint density at radius 3 is 2.55 bits per heavy atom. The van der Waals surface area contributed by atoms with Crippen LogP contribution in [-0.2, 0) is 4.79 Å². The first-order chi connectivity index (χ1) is 5.22. The Morgan fingerprint density at radius 2 is 2.09 bits per heavy atom. The standard InChI is InChI=1S/C10H16O/c1-4-6-7-8-9(3)10(11)5-2/h4,8H,1,5-7H2,2-3H3. The lowest BCUT2D eigenvalue weighted by Gasteiger charge is -1.95. The summed E-state index contributed by atoms with van der Waals surface area (Å²) < 4.78 is 0. The van der Waals surface area contributed by atoms with Crippen LogP contribution in [0.4, 0.5) is 0 Å². The number of rotatable bonds is 5. The Morgan fingerprint density at radius 1 is 1.45 bits per heavy atom. The molecule has 62 valence electrons. The summed E-state index contributed by atoms with van der Waals surface area (Å²) in [6.45, 7) is 7.36. The zero-order valence-corrected chi connectivity index (χ0v) is 7.39. The minimum atomic E-state index is 0.245. The molecule has 0 atom stereocenters. The summed E-state index contributed by atoms with van der Waals surface area (Å²) in [5.41, 5.74) is 0.884. The summed E-state index contributed by atoms with van der Waals surface area (Å²) in [6.07, 6.45) is 6.33. The number of hydrogen-bond acceptors (Lipinski definition) is 1. The lowest BCUT2D eigenvalue weighted by Crippen LogP contribution is -1.95. The molecule has 0 aliphatic carbocycles. The maximum absolute atomic E-state index is 11.0. The third-order valence-electron chi connectivity index (χ3n) is 1.58. The van der Waals surface area contributed by atoms with E-state index in [9.17, 15) is 4.79 Å². The van der Waals surface area contributed by atoms with Gasteiger partial charge in [-0.1, -0.05) is 19.1 Å².